The van der Waals surface area contributed by atoms with E-state index in [1.54, 1.807) is 11.9 Å². The van der Waals surface area contributed by atoms with Crippen LogP contribution < -0.4 is 5.73 Å². The summed E-state index contributed by atoms with van der Waals surface area (Å²) in [5.41, 5.74) is 9.16. The largest absolute Gasteiger partial charge is 0.399 e. The molecule has 20 heavy (non-hydrogen) atoms. The number of nitrogens with zero attached hydrogens (tertiary/aromatic N) is 1. The van der Waals surface area contributed by atoms with Crippen molar-refractivity contribution >= 4 is 27.5 Å². The first-order valence-corrected chi connectivity index (χ1v) is 7.13. The average molecular weight is 333 g/mol. The van der Waals surface area contributed by atoms with Crippen LogP contribution >= 0.6 is 15.9 Å². The van der Waals surface area contributed by atoms with E-state index in [1.807, 2.05) is 49.4 Å². The second-order valence-electron chi connectivity index (χ2n) is 4.82. The molecule has 0 aliphatic carbocycles. The summed E-state index contributed by atoms with van der Waals surface area (Å²) >= 11 is 3.45. The zero-order valence-electron chi connectivity index (χ0n) is 11.6. The highest BCUT2D eigenvalue weighted by Crippen LogP contribution is 2.21. The number of amides is 1. The predicted molar refractivity (Wildman–Crippen MR) is 85.5 cm³/mol. The Morgan fingerprint density at radius 1 is 1.25 bits per heavy atom. The van der Waals surface area contributed by atoms with Crippen LogP contribution in [0.5, 0.6) is 0 Å². The fourth-order valence-electron chi connectivity index (χ4n) is 2.08. The summed E-state index contributed by atoms with van der Waals surface area (Å²) in [4.78, 5) is 14.2. The summed E-state index contributed by atoms with van der Waals surface area (Å²) in [6, 6.07) is 13.2. The smallest absolute Gasteiger partial charge is 0.254 e. The lowest BCUT2D eigenvalue weighted by atomic mass is 10.1. The van der Waals surface area contributed by atoms with Gasteiger partial charge in [0, 0.05) is 29.3 Å². The van der Waals surface area contributed by atoms with E-state index in [0.717, 1.165) is 15.6 Å². The van der Waals surface area contributed by atoms with Gasteiger partial charge in [0.25, 0.3) is 5.91 Å². The van der Waals surface area contributed by atoms with Crippen LogP contribution in [0.4, 0.5) is 5.69 Å². The van der Waals surface area contributed by atoms with Gasteiger partial charge in [0.1, 0.15) is 0 Å². The summed E-state index contributed by atoms with van der Waals surface area (Å²) in [5, 5.41) is 0. The lowest BCUT2D eigenvalue weighted by molar-refractivity contribution is 0.0784. The van der Waals surface area contributed by atoms with Crippen LogP contribution in [0.25, 0.3) is 0 Å². The van der Waals surface area contributed by atoms with Crippen molar-refractivity contribution in [3.8, 4) is 0 Å². The fourth-order valence-corrected chi connectivity index (χ4v) is 2.45. The Bertz CT molecular complexity index is 640. The van der Waals surface area contributed by atoms with Gasteiger partial charge in [0.05, 0.1) is 0 Å². The second kappa shape index (κ2) is 6.09. The van der Waals surface area contributed by atoms with Gasteiger partial charge in [-0.2, -0.15) is 0 Å². The molecule has 0 radical (unpaired) electrons. The summed E-state index contributed by atoms with van der Waals surface area (Å²) in [7, 11) is 1.80. The van der Waals surface area contributed by atoms with Crippen LogP contribution in [-0.2, 0) is 6.54 Å². The molecular weight excluding hydrogens is 316 g/mol. The van der Waals surface area contributed by atoms with Crippen molar-refractivity contribution in [1.82, 2.24) is 4.90 Å². The maximum atomic E-state index is 12.5. The van der Waals surface area contributed by atoms with Crippen molar-refractivity contribution < 1.29 is 4.79 Å². The summed E-state index contributed by atoms with van der Waals surface area (Å²) in [5.74, 6) is 0.00576. The quantitative estimate of drug-likeness (QED) is 0.872. The molecule has 0 fully saturated rings. The van der Waals surface area contributed by atoms with Gasteiger partial charge in [0.2, 0.25) is 0 Å². The third kappa shape index (κ3) is 3.20. The minimum absolute atomic E-state index is 0.00576. The van der Waals surface area contributed by atoms with E-state index < -0.39 is 0 Å². The number of nitrogen functional groups attached to an aromatic ring is 1. The normalized spacial score (nSPS) is 10.3. The van der Waals surface area contributed by atoms with E-state index in [4.69, 9.17) is 5.73 Å². The highest BCUT2D eigenvalue weighted by molar-refractivity contribution is 9.10. The first-order chi connectivity index (χ1) is 9.49. The third-order valence-electron chi connectivity index (χ3n) is 3.22. The summed E-state index contributed by atoms with van der Waals surface area (Å²) < 4.78 is 0.945. The van der Waals surface area contributed by atoms with Crippen molar-refractivity contribution in [2.75, 3.05) is 12.8 Å². The Labute approximate surface area is 127 Å². The highest BCUT2D eigenvalue weighted by atomic mass is 79.9. The maximum absolute atomic E-state index is 12.5. The molecule has 0 saturated carbocycles. The van der Waals surface area contributed by atoms with E-state index >= 15 is 0 Å². The Morgan fingerprint density at radius 2 is 1.95 bits per heavy atom. The Kier molecular flexibility index (Phi) is 4.45. The molecule has 0 heterocycles. The standard InChI is InChI=1S/C16H17BrN2O/c1-11-14(7-4-8-15(11)17)16(20)19(2)10-12-5-3-6-13(18)9-12/h3-9H,10,18H2,1-2H3. The van der Waals surface area contributed by atoms with Crippen LogP contribution in [0.1, 0.15) is 21.5 Å². The Morgan fingerprint density at radius 3 is 2.65 bits per heavy atom. The van der Waals surface area contributed by atoms with Gasteiger partial charge < -0.3 is 10.6 Å². The number of rotatable bonds is 3. The van der Waals surface area contributed by atoms with Gasteiger partial charge in [-0.15, -0.1) is 0 Å². The molecule has 3 nitrogen and oxygen atoms in total. The highest BCUT2D eigenvalue weighted by Gasteiger charge is 2.15. The number of carbonyl (C=O) groups is 1. The van der Waals surface area contributed by atoms with E-state index in [9.17, 15) is 4.79 Å². The molecule has 4 heteroatoms. The van der Waals surface area contributed by atoms with E-state index in [-0.39, 0.29) is 5.91 Å². The van der Waals surface area contributed by atoms with Gasteiger partial charge in [-0.3, -0.25) is 4.79 Å². The van der Waals surface area contributed by atoms with Crippen molar-refractivity contribution in [3.63, 3.8) is 0 Å². The summed E-state index contributed by atoms with van der Waals surface area (Å²) in [6.07, 6.45) is 0. The molecule has 0 unspecified atom stereocenters. The first-order valence-electron chi connectivity index (χ1n) is 6.34. The molecule has 2 aromatic rings. The lowest BCUT2D eigenvalue weighted by Gasteiger charge is -2.19. The van der Waals surface area contributed by atoms with Gasteiger partial charge in [0.15, 0.2) is 0 Å². The van der Waals surface area contributed by atoms with Crippen LogP contribution in [0.3, 0.4) is 0 Å². The monoisotopic (exact) mass is 332 g/mol. The third-order valence-corrected chi connectivity index (χ3v) is 4.07. The van der Waals surface area contributed by atoms with Crippen LogP contribution in [0, 0.1) is 6.92 Å². The number of halogens is 1. The minimum atomic E-state index is 0.00576. The molecule has 0 saturated heterocycles. The van der Waals surface area contributed by atoms with Gasteiger partial charge in [-0.05, 0) is 42.3 Å². The number of hydrogen-bond donors (Lipinski definition) is 1. The number of carbonyl (C=O) groups excluding carboxylic acids is 1. The molecule has 0 atom stereocenters. The molecule has 0 aromatic heterocycles. The van der Waals surface area contributed by atoms with Gasteiger partial charge >= 0.3 is 0 Å². The molecule has 104 valence electrons. The topological polar surface area (TPSA) is 46.3 Å². The molecule has 0 aliphatic heterocycles. The molecule has 0 bridgehead atoms. The van der Waals surface area contributed by atoms with Crippen molar-refractivity contribution in [3.05, 3.63) is 63.6 Å². The molecule has 0 aliphatic rings. The van der Waals surface area contributed by atoms with Gasteiger partial charge in [-0.25, -0.2) is 0 Å². The second-order valence-corrected chi connectivity index (χ2v) is 5.67. The molecular formula is C16H17BrN2O. The van der Waals surface area contributed by atoms with Crippen molar-refractivity contribution in [2.24, 2.45) is 0 Å². The first kappa shape index (κ1) is 14.6. The van der Waals surface area contributed by atoms with Crippen molar-refractivity contribution in [1.29, 1.82) is 0 Å². The zero-order chi connectivity index (χ0) is 14.7. The zero-order valence-corrected chi connectivity index (χ0v) is 13.1. The number of nitrogens with two attached hydrogens (primary N) is 1. The minimum Gasteiger partial charge on any atom is -0.399 e. The van der Waals surface area contributed by atoms with E-state index in [0.29, 0.717) is 17.8 Å². The lowest BCUT2D eigenvalue weighted by Crippen LogP contribution is -2.26. The molecule has 2 rings (SSSR count). The molecule has 1 amide bonds. The molecule has 2 aromatic carbocycles. The molecule has 0 spiro atoms. The maximum Gasteiger partial charge on any atom is 0.254 e. The van der Waals surface area contributed by atoms with E-state index in [1.165, 1.54) is 0 Å². The fraction of sp³-hybridized carbons (Fsp3) is 0.188. The SMILES string of the molecule is Cc1c(Br)cccc1C(=O)N(C)Cc1cccc(N)c1. The van der Waals surface area contributed by atoms with Crippen LogP contribution in [0.15, 0.2) is 46.9 Å². The van der Waals surface area contributed by atoms with Crippen molar-refractivity contribution in [2.45, 2.75) is 13.5 Å². The summed E-state index contributed by atoms with van der Waals surface area (Å²) in [6.45, 7) is 2.47. The average Bonchev–Trinajstić information content (AvgIpc) is 2.41. The molecule has 2 N–H and O–H groups in total. The Balaban J connectivity index is 2.19. The van der Waals surface area contributed by atoms with E-state index in [2.05, 4.69) is 15.9 Å². The van der Waals surface area contributed by atoms with Gasteiger partial charge in [-0.1, -0.05) is 34.1 Å². The van der Waals surface area contributed by atoms with Crippen LogP contribution in [0.2, 0.25) is 0 Å². The Hall–Kier alpha value is -1.81. The van der Waals surface area contributed by atoms with Crippen LogP contribution in [-0.4, -0.2) is 17.9 Å². The predicted octanol–water partition coefficient (Wildman–Crippen LogP) is 3.61. The number of hydrogen-bond acceptors (Lipinski definition) is 2. The number of benzene rings is 2. The number of anilines is 1.